The molecule has 2 aromatic heterocycles. The molecule has 5 nitrogen and oxygen atoms in total. The Kier molecular flexibility index (Phi) is 5.61. The fourth-order valence-electron chi connectivity index (χ4n) is 2.63. The summed E-state index contributed by atoms with van der Waals surface area (Å²) in [5.41, 5.74) is 1.85. The standard InChI is InChI=1S/C15H19N3O2S.ClH/c1-9-7-12(10(2)20-9)13-8-21-15(17-13)18-14(19)11-3-5-16-6-4-11;/h7-8,11,16H,3-6H2,1-2H3,(H,17,18,19);1H. The minimum Gasteiger partial charge on any atom is -0.466 e. The highest BCUT2D eigenvalue weighted by atomic mass is 35.5. The summed E-state index contributed by atoms with van der Waals surface area (Å²) < 4.78 is 5.52. The highest BCUT2D eigenvalue weighted by Gasteiger charge is 2.22. The minimum atomic E-state index is 0. The highest BCUT2D eigenvalue weighted by molar-refractivity contribution is 7.14. The van der Waals surface area contributed by atoms with Crippen LogP contribution in [0.15, 0.2) is 15.9 Å². The fraction of sp³-hybridized carbons (Fsp3) is 0.467. The molecule has 22 heavy (non-hydrogen) atoms. The second-order valence-electron chi connectivity index (χ2n) is 5.38. The number of amides is 1. The van der Waals surface area contributed by atoms with Crippen molar-refractivity contribution in [3.63, 3.8) is 0 Å². The van der Waals surface area contributed by atoms with Crippen LogP contribution in [0.25, 0.3) is 11.3 Å². The summed E-state index contributed by atoms with van der Waals surface area (Å²) in [6, 6.07) is 1.97. The van der Waals surface area contributed by atoms with E-state index >= 15 is 0 Å². The van der Waals surface area contributed by atoms with Crippen molar-refractivity contribution in [1.29, 1.82) is 0 Å². The average molecular weight is 342 g/mol. The van der Waals surface area contributed by atoms with Gasteiger partial charge in [0.15, 0.2) is 5.13 Å². The van der Waals surface area contributed by atoms with Crippen LogP contribution in [0.5, 0.6) is 0 Å². The summed E-state index contributed by atoms with van der Waals surface area (Å²) in [6.45, 7) is 5.67. The van der Waals surface area contributed by atoms with Gasteiger partial charge in [-0.15, -0.1) is 23.7 Å². The van der Waals surface area contributed by atoms with E-state index in [-0.39, 0.29) is 24.2 Å². The van der Waals surface area contributed by atoms with E-state index < -0.39 is 0 Å². The molecule has 7 heteroatoms. The normalized spacial score (nSPS) is 15.4. The van der Waals surface area contributed by atoms with Gasteiger partial charge in [0.05, 0.1) is 5.69 Å². The lowest BCUT2D eigenvalue weighted by Crippen LogP contribution is -2.34. The number of aromatic nitrogens is 1. The van der Waals surface area contributed by atoms with Gasteiger partial charge in [0, 0.05) is 16.9 Å². The summed E-state index contributed by atoms with van der Waals surface area (Å²) in [4.78, 5) is 16.7. The zero-order valence-electron chi connectivity index (χ0n) is 12.6. The van der Waals surface area contributed by atoms with Crippen LogP contribution >= 0.6 is 23.7 Å². The number of anilines is 1. The summed E-state index contributed by atoms with van der Waals surface area (Å²) in [5.74, 6) is 1.90. The number of furan rings is 1. The quantitative estimate of drug-likeness (QED) is 0.898. The Hall–Kier alpha value is -1.37. The maximum atomic E-state index is 12.2. The van der Waals surface area contributed by atoms with Crippen molar-refractivity contribution in [2.24, 2.45) is 5.92 Å². The van der Waals surface area contributed by atoms with Gasteiger partial charge in [-0.3, -0.25) is 4.79 Å². The zero-order chi connectivity index (χ0) is 14.8. The molecule has 0 spiro atoms. The number of hydrogen-bond donors (Lipinski definition) is 2. The first-order valence-electron chi connectivity index (χ1n) is 7.18. The molecular weight excluding hydrogens is 322 g/mol. The summed E-state index contributed by atoms with van der Waals surface area (Å²) in [6.07, 6.45) is 1.79. The highest BCUT2D eigenvalue weighted by Crippen LogP contribution is 2.30. The molecule has 0 unspecified atom stereocenters. The molecule has 0 radical (unpaired) electrons. The molecule has 1 saturated heterocycles. The molecule has 1 aliphatic heterocycles. The van der Waals surface area contributed by atoms with Gasteiger partial charge in [-0.2, -0.15) is 0 Å². The molecular formula is C15H20ClN3O2S. The number of nitrogens with one attached hydrogen (secondary N) is 2. The monoisotopic (exact) mass is 341 g/mol. The molecule has 0 aliphatic carbocycles. The van der Waals surface area contributed by atoms with E-state index in [9.17, 15) is 4.79 Å². The predicted molar refractivity (Wildman–Crippen MR) is 90.8 cm³/mol. The van der Waals surface area contributed by atoms with Crippen molar-refractivity contribution >= 4 is 34.8 Å². The number of hydrogen-bond acceptors (Lipinski definition) is 5. The number of thiazole rings is 1. The maximum absolute atomic E-state index is 12.2. The minimum absolute atomic E-state index is 0. The van der Waals surface area contributed by atoms with Crippen molar-refractivity contribution in [3.8, 4) is 11.3 Å². The van der Waals surface area contributed by atoms with E-state index in [4.69, 9.17) is 4.42 Å². The molecule has 2 aromatic rings. The van der Waals surface area contributed by atoms with E-state index in [0.717, 1.165) is 48.7 Å². The van der Waals surface area contributed by atoms with Crippen LogP contribution in [0, 0.1) is 19.8 Å². The summed E-state index contributed by atoms with van der Waals surface area (Å²) in [7, 11) is 0. The summed E-state index contributed by atoms with van der Waals surface area (Å²) >= 11 is 1.45. The third kappa shape index (κ3) is 3.69. The maximum Gasteiger partial charge on any atom is 0.229 e. The Morgan fingerprint density at radius 2 is 2.14 bits per heavy atom. The Balaban J connectivity index is 0.00000176. The summed E-state index contributed by atoms with van der Waals surface area (Å²) in [5, 5.41) is 8.82. The number of carbonyl (C=O) groups excluding carboxylic acids is 1. The van der Waals surface area contributed by atoms with Gasteiger partial charge in [0.25, 0.3) is 0 Å². The van der Waals surface area contributed by atoms with Gasteiger partial charge in [0.2, 0.25) is 5.91 Å². The van der Waals surface area contributed by atoms with Crippen LogP contribution in [0.2, 0.25) is 0 Å². The van der Waals surface area contributed by atoms with E-state index in [2.05, 4.69) is 15.6 Å². The van der Waals surface area contributed by atoms with Crippen molar-refractivity contribution in [2.75, 3.05) is 18.4 Å². The van der Waals surface area contributed by atoms with Crippen LogP contribution < -0.4 is 10.6 Å². The van der Waals surface area contributed by atoms with Gasteiger partial charge in [-0.05, 0) is 45.8 Å². The molecule has 0 bridgehead atoms. The molecule has 0 saturated carbocycles. The van der Waals surface area contributed by atoms with Gasteiger partial charge in [-0.25, -0.2) is 4.98 Å². The second kappa shape index (κ2) is 7.26. The topological polar surface area (TPSA) is 67.2 Å². The lowest BCUT2D eigenvalue weighted by atomic mass is 9.97. The largest absolute Gasteiger partial charge is 0.466 e. The molecule has 120 valence electrons. The first kappa shape index (κ1) is 17.0. The molecule has 3 heterocycles. The Bertz CT molecular complexity index is 647. The van der Waals surface area contributed by atoms with Crippen LogP contribution in [0.4, 0.5) is 5.13 Å². The first-order chi connectivity index (χ1) is 10.1. The Morgan fingerprint density at radius 1 is 1.41 bits per heavy atom. The molecule has 0 aromatic carbocycles. The Morgan fingerprint density at radius 3 is 2.77 bits per heavy atom. The number of aryl methyl sites for hydroxylation is 2. The van der Waals surface area contributed by atoms with Crippen LogP contribution in [-0.2, 0) is 4.79 Å². The van der Waals surface area contributed by atoms with E-state index in [1.165, 1.54) is 11.3 Å². The molecule has 2 N–H and O–H groups in total. The van der Waals surface area contributed by atoms with Crippen molar-refractivity contribution in [3.05, 3.63) is 23.0 Å². The van der Waals surface area contributed by atoms with E-state index in [0.29, 0.717) is 5.13 Å². The zero-order valence-corrected chi connectivity index (χ0v) is 14.3. The number of rotatable bonds is 3. The molecule has 3 rings (SSSR count). The van der Waals surface area contributed by atoms with Crippen molar-refractivity contribution in [1.82, 2.24) is 10.3 Å². The van der Waals surface area contributed by atoms with Crippen molar-refractivity contribution in [2.45, 2.75) is 26.7 Å². The second-order valence-corrected chi connectivity index (χ2v) is 6.24. The lowest BCUT2D eigenvalue weighted by molar-refractivity contribution is -0.120. The first-order valence-corrected chi connectivity index (χ1v) is 8.06. The number of nitrogens with zero attached hydrogens (tertiary/aromatic N) is 1. The van der Waals surface area contributed by atoms with Crippen LogP contribution in [-0.4, -0.2) is 24.0 Å². The lowest BCUT2D eigenvalue weighted by Gasteiger charge is -2.20. The van der Waals surface area contributed by atoms with Gasteiger partial charge in [-0.1, -0.05) is 0 Å². The van der Waals surface area contributed by atoms with E-state index in [1.54, 1.807) is 0 Å². The predicted octanol–water partition coefficient (Wildman–Crippen LogP) is 3.38. The van der Waals surface area contributed by atoms with Gasteiger partial charge in [0.1, 0.15) is 11.5 Å². The fourth-order valence-corrected chi connectivity index (χ4v) is 3.35. The average Bonchev–Trinajstić information content (AvgIpc) is 3.06. The third-order valence-corrected chi connectivity index (χ3v) is 4.52. The third-order valence-electron chi connectivity index (χ3n) is 3.76. The van der Waals surface area contributed by atoms with Crippen LogP contribution in [0.1, 0.15) is 24.4 Å². The SMILES string of the molecule is Cc1cc(-c2csc(NC(=O)C3CCNCC3)n2)c(C)o1.Cl. The molecule has 1 aliphatic rings. The number of carbonyl (C=O) groups is 1. The molecule has 1 fully saturated rings. The van der Waals surface area contributed by atoms with Gasteiger partial charge < -0.3 is 15.1 Å². The molecule has 1 amide bonds. The van der Waals surface area contributed by atoms with Crippen LogP contribution in [0.3, 0.4) is 0 Å². The smallest absolute Gasteiger partial charge is 0.229 e. The Labute approximate surface area is 139 Å². The van der Waals surface area contributed by atoms with Gasteiger partial charge >= 0.3 is 0 Å². The molecule has 0 atom stereocenters. The van der Waals surface area contributed by atoms with E-state index in [1.807, 2.05) is 25.3 Å². The number of piperidine rings is 1. The number of halogens is 1. The van der Waals surface area contributed by atoms with Crippen molar-refractivity contribution < 1.29 is 9.21 Å².